The molecule has 0 bridgehead atoms. The highest BCUT2D eigenvalue weighted by Gasteiger charge is 2.50. The van der Waals surface area contributed by atoms with Crippen LogP contribution in [0.3, 0.4) is 0 Å². The number of rotatable bonds is 1. The summed E-state index contributed by atoms with van der Waals surface area (Å²) in [6, 6.07) is 17.7. The molecule has 114 valence electrons. The SMILES string of the molecule is CC[C@H]1C2N(C)c3ccccc3N2c2ccccc2C1(C)C. The number of nitrogens with zero attached hydrogens (tertiary/aromatic N) is 2. The minimum Gasteiger partial charge on any atom is -0.352 e. The Morgan fingerprint density at radius 2 is 1.50 bits per heavy atom. The molecule has 2 aliphatic rings. The van der Waals surface area contributed by atoms with Crippen LogP contribution in [0, 0.1) is 5.92 Å². The van der Waals surface area contributed by atoms with E-state index in [0.29, 0.717) is 12.1 Å². The molecule has 0 radical (unpaired) electrons. The Morgan fingerprint density at radius 3 is 2.18 bits per heavy atom. The van der Waals surface area contributed by atoms with Crippen molar-refractivity contribution in [3.8, 4) is 0 Å². The molecule has 4 rings (SSSR count). The predicted octanol–water partition coefficient (Wildman–Crippen LogP) is 4.92. The summed E-state index contributed by atoms with van der Waals surface area (Å²) in [5, 5.41) is 0. The van der Waals surface area contributed by atoms with Gasteiger partial charge in [-0.3, -0.25) is 0 Å². The van der Waals surface area contributed by atoms with E-state index in [2.05, 4.69) is 86.1 Å². The fourth-order valence-corrected chi connectivity index (χ4v) is 4.67. The Labute approximate surface area is 133 Å². The van der Waals surface area contributed by atoms with Gasteiger partial charge in [-0.15, -0.1) is 0 Å². The lowest BCUT2D eigenvalue weighted by molar-refractivity contribution is 0.246. The Bertz CT molecular complexity index is 719. The number of benzene rings is 2. The van der Waals surface area contributed by atoms with Crippen LogP contribution in [0.15, 0.2) is 48.5 Å². The summed E-state index contributed by atoms with van der Waals surface area (Å²) in [7, 11) is 2.25. The van der Waals surface area contributed by atoms with Gasteiger partial charge >= 0.3 is 0 Å². The minimum atomic E-state index is 0.183. The van der Waals surface area contributed by atoms with E-state index in [4.69, 9.17) is 0 Å². The molecule has 2 aliphatic heterocycles. The smallest absolute Gasteiger partial charge is 0.110 e. The maximum atomic E-state index is 2.56. The van der Waals surface area contributed by atoms with Crippen LogP contribution in [0.4, 0.5) is 17.1 Å². The van der Waals surface area contributed by atoms with Gasteiger partial charge in [0.25, 0.3) is 0 Å². The zero-order valence-electron chi connectivity index (χ0n) is 13.9. The average Bonchev–Trinajstić information content (AvgIpc) is 2.82. The van der Waals surface area contributed by atoms with Gasteiger partial charge in [0, 0.05) is 18.7 Å². The van der Waals surface area contributed by atoms with Crippen molar-refractivity contribution in [1.29, 1.82) is 0 Å². The molecule has 1 unspecified atom stereocenters. The monoisotopic (exact) mass is 292 g/mol. The molecule has 2 heteroatoms. The Kier molecular flexibility index (Phi) is 2.81. The van der Waals surface area contributed by atoms with E-state index in [9.17, 15) is 0 Å². The van der Waals surface area contributed by atoms with E-state index >= 15 is 0 Å². The van der Waals surface area contributed by atoms with Crippen LogP contribution >= 0.6 is 0 Å². The van der Waals surface area contributed by atoms with Gasteiger partial charge in [-0.25, -0.2) is 0 Å². The van der Waals surface area contributed by atoms with Crippen LogP contribution in [-0.2, 0) is 5.41 Å². The standard InChI is InChI=1S/C20H24N2/c1-5-14-19-21(4)17-12-8-9-13-18(17)22(19)16-11-7-6-10-15(16)20(14,2)3/h6-14,19H,5H2,1-4H3/t14-,19?/m0/s1. The van der Waals surface area contributed by atoms with Gasteiger partial charge in [-0.2, -0.15) is 0 Å². The normalized spacial score (nSPS) is 24.7. The lowest BCUT2D eigenvalue weighted by Gasteiger charge is -2.50. The second-order valence-corrected chi connectivity index (χ2v) is 7.14. The van der Waals surface area contributed by atoms with Crippen LogP contribution in [0.2, 0.25) is 0 Å². The predicted molar refractivity (Wildman–Crippen MR) is 94.0 cm³/mol. The first-order valence-corrected chi connectivity index (χ1v) is 8.28. The van der Waals surface area contributed by atoms with Crippen molar-refractivity contribution in [1.82, 2.24) is 0 Å². The molecule has 0 saturated carbocycles. The highest BCUT2D eigenvalue weighted by atomic mass is 15.4. The van der Waals surface area contributed by atoms with E-state index in [1.165, 1.54) is 29.0 Å². The fourth-order valence-electron chi connectivity index (χ4n) is 4.67. The highest BCUT2D eigenvalue weighted by molar-refractivity contribution is 5.86. The van der Waals surface area contributed by atoms with Crippen LogP contribution in [0.1, 0.15) is 32.8 Å². The van der Waals surface area contributed by atoms with E-state index in [1.54, 1.807) is 0 Å². The quantitative estimate of drug-likeness (QED) is 0.736. The third kappa shape index (κ3) is 1.55. The molecule has 0 aliphatic carbocycles. The Hall–Kier alpha value is -1.96. The number of hydrogen-bond donors (Lipinski definition) is 0. The summed E-state index contributed by atoms with van der Waals surface area (Å²) in [5.74, 6) is 0.597. The molecule has 2 heterocycles. The summed E-state index contributed by atoms with van der Waals surface area (Å²) in [5.41, 5.74) is 5.72. The molecule has 0 aromatic heterocycles. The number of para-hydroxylation sites is 3. The molecule has 22 heavy (non-hydrogen) atoms. The minimum absolute atomic E-state index is 0.183. The van der Waals surface area contributed by atoms with Crippen LogP contribution in [0.25, 0.3) is 0 Å². The molecule has 0 fully saturated rings. The van der Waals surface area contributed by atoms with Crippen molar-refractivity contribution in [2.45, 2.75) is 38.8 Å². The molecular formula is C20H24N2. The fraction of sp³-hybridized carbons (Fsp3) is 0.400. The van der Waals surface area contributed by atoms with Gasteiger partial charge in [-0.05, 0) is 35.6 Å². The van der Waals surface area contributed by atoms with Gasteiger partial charge in [0.1, 0.15) is 6.17 Å². The Balaban J connectivity index is 2.01. The first-order valence-electron chi connectivity index (χ1n) is 8.28. The van der Waals surface area contributed by atoms with Crippen molar-refractivity contribution >= 4 is 17.1 Å². The van der Waals surface area contributed by atoms with Gasteiger partial charge in [0.15, 0.2) is 0 Å². The van der Waals surface area contributed by atoms with Crippen molar-refractivity contribution < 1.29 is 0 Å². The number of anilines is 3. The van der Waals surface area contributed by atoms with E-state index in [-0.39, 0.29) is 5.41 Å². The first kappa shape index (κ1) is 13.7. The second kappa shape index (κ2) is 4.52. The molecule has 0 N–H and O–H groups in total. The Morgan fingerprint density at radius 1 is 0.909 bits per heavy atom. The number of fused-ring (bicyclic) bond motifs is 5. The molecule has 0 spiro atoms. The van der Waals surface area contributed by atoms with E-state index in [1.807, 2.05) is 0 Å². The molecule has 2 nitrogen and oxygen atoms in total. The van der Waals surface area contributed by atoms with E-state index < -0.39 is 0 Å². The van der Waals surface area contributed by atoms with Crippen LogP contribution < -0.4 is 9.80 Å². The summed E-state index contributed by atoms with van der Waals surface area (Å²) >= 11 is 0. The van der Waals surface area contributed by atoms with Crippen molar-refractivity contribution in [2.75, 3.05) is 16.8 Å². The molecule has 0 saturated heterocycles. The van der Waals surface area contributed by atoms with Gasteiger partial charge in [0.2, 0.25) is 0 Å². The molecule has 2 aromatic carbocycles. The van der Waals surface area contributed by atoms with Crippen LogP contribution in [0.5, 0.6) is 0 Å². The van der Waals surface area contributed by atoms with Crippen molar-refractivity contribution in [3.05, 3.63) is 54.1 Å². The highest BCUT2D eigenvalue weighted by Crippen LogP contribution is 2.55. The first-order chi connectivity index (χ1) is 10.6. The molecule has 2 aromatic rings. The molecular weight excluding hydrogens is 268 g/mol. The maximum absolute atomic E-state index is 2.56. The molecule has 2 atom stereocenters. The van der Waals surface area contributed by atoms with Crippen LogP contribution in [-0.4, -0.2) is 13.2 Å². The molecule has 0 amide bonds. The van der Waals surface area contributed by atoms with E-state index in [0.717, 1.165) is 0 Å². The second-order valence-electron chi connectivity index (χ2n) is 7.14. The summed E-state index contributed by atoms with van der Waals surface area (Å²) in [6.45, 7) is 7.15. The van der Waals surface area contributed by atoms with Gasteiger partial charge < -0.3 is 9.80 Å². The average molecular weight is 292 g/mol. The third-order valence-electron chi connectivity index (χ3n) is 5.77. The van der Waals surface area contributed by atoms with Crippen molar-refractivity contribution in [2.24, 2.45) is 5.92 Å². The topological polar surface area (TPSA) is 6.48 Å². The lowest BCUT2D eigenvalue weighted by Crippen LogP contribution is -2.54. The van der Waals surface area contributed by atoms with Gasteiger partial charge in [0.05, 0.1) is 11.4 Å². The summed E-state index contributed by atoms with van der Waals surface area (Å²) in [4.78, 5) is 5.03. The van der Waals surface area contributed by atoms with Gasteiger partial charge in [-0.1, -0.05) is 51.1 Å². The summed E-state index contributed by atoms with van der Waals surface area (Å²) < 4.78 is 0. The maximum Gasteiger partial charge on any atom is 0.110 e. The zero-order chi connectivity index (χ0) is 15.5. The largest absolute Gasteiger partial charge is 0.352 e. The summed E-state index contributed by atoms with van der Waals surface area (Å²) in [6.07, 6.45) is 1.59. The lowest BCUT2D eigenvalue weighted by atomic mass is 9.67. The number of hydrogen-bond acceptors (Lipinski definition) is 2. The zero-order valence-corrected chi connectivity index (χ0v) is 13.9. The van der Waals surface area contributed by atoms with Crippen molar-refractivity contribution in [3.63, 3.8) is 0 Å². The third-order valence-corrected chi connectivity index (χ3v) is 5.77.